The van der Waals surface area contributed by atoms with Crippen molar-refractivity contribution in [2.75, 3.05) is 0 Å². The third-order valence-electron chi connectivity index (χ3n) is 7.25. The Labute approximate surface area is 207 Å². The molecule has 0 bridgehead atoms. The normalized spacial score (nSPS) is 12.4. The molecule has 0 amide bonds. The van der Waals surface area contributed by atoms with Crippen molar-refractivity contribution < 1.29 is 8.83 Å². The van der Waals surface area contributed by atoms with Crippen LogP contribution in [-0.2, 0) is 0 Å². The Hall–Kier alpha value is -4.61. The molecule has 0 aliphatic rings. The van der Waals surface area contributed by atoms with E-state index in [4.69, 9.17) is 13.8 Å². The summed E-state index contributed by atoms with van der Waals surface area (Å²) >= 11 is 1.79. The van der Waals surface area contributed by atoms with Crippen LogP contribution >= 0.6 is 11.3 Å². The maximum Gasteiger partial charge on any atom is 0.307 e. The van der Waals surface area contributed by atoms with Crippen LogP contribution in [-0.4, -0.2) is 9.55 Å². The molecule has 9 aromatic rings. The molecular formula is C31H16N2O2S. The fraction of sp³-hybridized carbons (Fsp3) is 0. The Morgan fingerprint density at radius 3 is 2.31 bits per heavy atom. The molecule has 0 spiro atoms. The van der Waals surface area contributed by atoms with Crippen LogP contribution in [0.5, 0.6) is 0 Å². The molecule has 0 aliphatic heterocycles. The van der Waals surface area contributed by atoms with Gasteiger partial charge in [-0.3, -0.25) is 4.57 Å². The molecular weight excluding hydrogens is 464 g/mol. The van der Waals surface area contributed by atoms with Crippen LogP contribution in [0.2, 0.25) is 0 Å². The van der Waals surface area contributed by atoms with E-state index >= 15 is 0 Å². The fourth-order valence-electron chi connectivity index (χ4n) is 5.68. The first-order chi connectivity index (χ1) is 17.8. The molecule has 4 heterocycles. The first kappa shape index (κ1) is 18.7. The molecule has 0 aliphatic carbocycles. The monoisotopic (exact) mass is 480 g/mol. The van der Waals surface area contributed by atoms with Crippen LogP contribution in [0.25, 0.3) is 81.0 Å². The van der Waals surface area contributed by atoms with Gasteiger partial charge in [-0.05, 0) is 36.4 Å². The first-order valence-electron chi connectivity index (χ1n) is 11.9. The first-order valence-corrected chi connectivity index (χ1v) is 12.7. The summed E-state index contributed by atoms with van der Waals surface area (Å²) in [4.78, 5) is 5.10. The maximum absolute atomic E-state index is 6.45. The number of thiophene rings is 1. The third-order valence-corrected chi connectivity index (χ3v) is 8.39. The molecule has 4 nitrogen and oxygen atoms in total. The van der Waals surface area contributed by atoms with Crippen LogP contribution in [0, 0.1) is 0 Å². The number of hydrogen-bond acceptors (Lipinski definition) is 4. The lowest BCUT2D eigenvalue weighted by atomic mass is 10.1. The van der Waals surface area contributed by atoms with E-state index in [9.17, 15) is 0 Å². The van der Waals surface area contributed by atoms with Crippen molar-refractivity contribution in [1.29, 1.82) is 0 Å². The highest BCUT2D eigenvalue weighted by molar-refractivity contribution is 7.26. The lowest BCUT2D eigenvalue weighted by Gasteiger charge is -2.01. The Morgan fingerprint density at radius 2 is 1.36 bits per heavy atom. The highest BCUT2D eigenvalue weighted by Crippen LogP contribution is 2.41. The van der Waals surface area contributed by atoms with Crippen molar-refractivity contribution >= 4 is 86.4 Å². The molecule has 0 saturated heterocycles. The van der Waals surface area contributed by atoms with Gasteiger partial charge in [0.1, 0.15) is 16.7 Å². The van der Waals surface area contributed by atoms with E-state index in [0.717, 1.165) is 60.2 Å². The number of aromatic nitrogens is 2. The van der Waals surface area contributed by atoms with Gasteiger partial charge in [-0.1, -0.05) is 54.6 Å². The number of benzene rings is 5. The lowest BCUT2D eigenvalue weighted by Crippen LogP contribution is -1.93. The highest BCUT2D eigenvalue weighted by Gasteiger charge is 2.20. The van der Waals surface area contributed by atoms with Gasteiger partial charge in [-0.15, -0.1) is 11.3 Å². The molecule has 0 unspecified atom stereocenters. The zero-order valence-electron chi connectivity index (χ0n) is 18.9. The van der Waals surface area contributed by atoms with Crippen LogP contribution in [0.4, 0.5) is 0 Å². The summed E-state index contributed by atoms with van der Waals surface area (Å²) < 4.78 is 17.3. The van der Waals surface area contributed by atoms with E-state index in [1.54, 1.807) is 11.3 Å². The Bertz CT molecular complexity index is 2330. The zero-order valence-corrected chi connectivity index (χ0v) is 19.7. The van der Waals surface area contributed by atoms with Crippen molar-refractivity contribution in [1.82, 2.24) is 9.55 Å². The standard InChI is InChI=1S/C31H16N2O2S/c1-4-10-22-17(7-1)20-15-21-18-8-2-5-11-24(18)34-26(21)16-23(20)33(22)31-32-30-25(35-31)13-14-28-29(30)19-9-3-6-12-27(19)36-28/h1-16H. The molecule has 36 heavy (non-hydrogen) atoms. The highest BCUT2D eigenvalue weighted by atomic mass is 32.1. The number of hydrogen-bond donors (Lipinski definition) is 0. The summed E-state index contributed by atoms with van der Waals surface area (Å²) in [5.41, 5.74) is 5.51. The molecule has 9 rings (SSSR count). The van der Waals surface area contributed by atoms with Gasteiger partial charge < -0.3 is 8.83 Å². The molecule has 0 saturated carbocycles. The molecule has 0 atom stereocenters. The minimum atomic E-state index is 0.564. The minimum Gasteiger partial charge on any atom is -0.456 e. The largest absolute Gasteiger partial charge is 0.456 e. The summed E-state index contributed by atoms with van der Waals surface area (Å²) in [6.07, 6.45) is 0. The number of furan rings is 1. The summed E-state index contributed by atoms with van der Waals surface area (Å²) in [6, 6.07) is 34.2. The lowest BCUT2D eigenvalue weighted by molar-refractivity contribution is 0.574. The van der Waals surface area contributed by atoms with Gasteiger partial charge in [0.2, 0.25) is 0 Å². The summed E-state index contributed by atoms with van der Waals surface area (Å²) in [6.45, 7) is 0. The SMILES string of the molecule is c1ccc2c(c1)oc1cc3c(cc12)c1ccccc1n3-c1nc2c(ccc3sc4ccccc4c32)o1. The van der Waals surface area contributed by atoms with Crippen molar-refractivity contribution in [2.45, 2.75) is 0 Å². The maximum atomic E-state index is 6.45. The minimum absolute atomic E-state index is 0.564. The Morgan fingerprint density at radius 1 is 0.556 bits per heavy atom. The van der Waals surface area contributed by atoms with E-state index in [2.05, 4.69) is 83.4 Å². The molecule has 4 aromatic heterocycles. The second kappa shape index (κ2) is 6.53. The van der Waals surface area contributed by atoms with Crippen molar-refractivity contribution in [3.63, 3.8) is 0 Å². The summed E-state index contributed by atoms with van der Waals surface area (Å²) in [5.74, 6) is 0. The third kappa shape index (κ3) is 2.30. The van der Waals surface area contributed by atoms with Crippen molar-refractivity contribution in [2.24, 2.45) is 0 Å². The smallest absolute Gasteiger partial charge is 0.307 e. The average Bonchev–Trinajstić information content (AvgIpc) is 3.66. The second-order valence-electron chi connectivity index (χ2n) is 9.20. The van der Waals surface area contributed by atoms with Gasteiger partial charge in [-0.2, -0.15) is 4.98 Å². The number of rotatable bonds is 1. The van der Waals surface area contributed by atoms with Crippen LogP contribution in [0.3, 0.4) is 0 Å². The van der Waals surface area contributed by atoms with Gasteiger partial charge in [0.15, 0.2) is 5.58 Å². The molecule has 5 aromatic carbocycles. The molecule has 5 heteroatoms. The quantitative estimate of drug-likeness (QED) is 0.235. The van der Waals surface area contributed by atoms with E-state index in [1.165, 1.54) is 14.8 Å². The van der Waals surface area contributed by atoms with Gasteiger partial charge in [0, 0.05) is 47.8 Å². The number of oxazole rings is 1. The predicted molar refractivity (Wildman–Crippen MR) is 149 cm³/mol. The molecule has 0 radical (unpaired) electrons. The summed E-state index contributed by atoms with van der Waals surface area (Å²) in [7, 11) is 0. The summed E-state index contributed by atoms with van der Waals surface area (Å²) in [5, 5.41) is 6.92. The molecule has 0 N–H and O–H groups in total. The average molecular weight is 481 g/mol. The topological polar surface area (TPSA) is 44.1 Å². The van der Waals surface area contributed by atoms with E-state index in [1.807, 2.05) is 18.2 Å². The van der Waals surface area contributed by atoms with Gasteiger partial charge in [0.25, 0.3) is 0 Å². The second-order valence-corrected chi connectivity index (χ2v) is 10.3. The van der Waals surface area contributed by atoms with Crippen molar-refractivity contribution in [3.8, 4) is 6.01 Å². The van der Waals surface area contributed by atoms with Crippen LogP contribution < -0.4 is 0 Å². The number of nitrogens with zero attached hydrogens (tertiary/aromatic N) is 2. The van der Waals surface area contributed by atoms with Gasteiger partial charge >= 0.3 is 6.01 Å². The van der Waals surface area contributed by atoms with E-state index in [-0.39, 0.29) is 0 Å². The van der Waals surface area contributed by atoms with Gasteiger partial charge in [0.05, 0.1) is 11.0 Å². The van der Waals surface area contributed by atoms with Crippen LogP contribution in [0.1, 0.15) is 0 Å². The van der Waals surface area contributed by atoms with Crippen LogP contribution in [0.15, 0.2) is 106 Å². The molecule has 0 fully saturated rings. The van der Waals surface area contributed by atoms with E-state index < -0.39 is 0 Å². The number of para-hydroxylation sites is 2. The fourth-order valence-corrected chi connectivity index (χ4v) is 6.79. The zero-order chi connectivity index (χ0) is 23.4. The van der Waals surface area contributed by atoms with E-state index in [0.29, 0.717) is 6.01 Å². The number of fused-ring (bicyclic) bond motifs is 11. The molecule has 168 valence electrons. The van der Waals surface area contributed by atoms with Gasteiger partial charge in [-0.25, -0.2) is 0 Å². The van der Waals surface area contributed by atoms with Crippen molar-refractivity contribution in [3.05, 3.63) is 97.1 Å². The Balaban J connectivity index is 1.42. The predicted octanol–water partition coefficient (Wildman–Crippen LogP) is 9.19. The Kier molecular flexibility index (Phi) is 3.39.